The predicted molar refractivity (Wildman–Crippen MR) is 214 cm³/mol. The molecule has 3 aromatic rings. The molecule has 1 saturated heterocycles. The third kappa shape index (κ3) is 8.98. The summed E-state index contributed by atoms with van der Waals surface area (Å²) in [5, 5.41) is 5.31. The van der Waals surface area contributed by atoms with Gasteiger partial charge in [-0.15, -0.1) is 6.58 Å². The van der Waals surface area contributed by atoms with Crippen molar-refractivity contribution in [1.82, 2.24) is 30.2 Å². The van der Waals surface area contributed by atoms with Gasteiger partial charge in [-0.25, -0.2) is 18.2 Å². The molecule has 0 radical (unpaired) electrons. The Hall–Kier alpha value is -5.45. The van der Waals surface area contributed by atoms with Gasteiger partial charge in [-0.3, -0.25) is 19.1 Å². The maximum Gasteiger partial charge on any atom is 0.408 e. The summed E-state index contributed by atoms with van der Waals surface area (Å²) >= 11 is 0. The average Bonchev–Trinajstić information content (AvgIpc) is 4.09. The van der Waals surface area contributed by atoms with Crippen LogP contribution in [0.3, 0.4) is 0 Å². The fourth-order valence-electron chi connectivity index (χ4n) is 7.03. The molecule has 6 rings (SSSR count). The van der Waals surface area contributed by atoms with E-state index in [1.807, 2.05) is 30.3 Å². The minimum absolute atomic E-state index is 0.0584. The Labute approximate surface area is 338 Å². The normalized spacial score (nSPS) is 22.3. The van der Waals surface area contributed by atoms with E-state index in [4.69, 9.17) is 28.9 Å². The van der Waals surface area contributed by atoms with E-state index in [1.54, 1.807) is 53.7 Å². The van der Waals surface area contributed by atoms with E-state index in [2.05, 4.69) is 21.9 Å². The third-order valence-corrected chi connectivity index (χ3v) is 12.2. The summed E-state index contributed by atoms with van der Waals surface area (Å²) in [5.41, 5.74) is -2.13. The van der Waals surface area contributed by atoms with Gasteiger partial charge in [-0.05, 0) is 51.5 Å². The van der Waals surface area contributed by atoms with Crippen molar-refractivity contribution in [3.8, 4) is 28.8 Å². The van der Waals surface area contributed by atoms with Crippen LogP contribution < -0.4 is 29.6 Å². The van der Waals surface area contributed by atoms with Gasteiger partial charge in [0.1, 0.15) is 29.3 Å². The highest BCUT2D eigenvalue weighted by atomic mass is 32.2. The van der Waals surface area contributed by atoms with Crippen LogP contribution in [0.4, 0.5) is 4.79 Å². The predicted octanol–water partition coefficient (Wildman–Crippen LogP) is 4.27. The lowest BCUT2D eigenvalue weighted by molar-refractivity contribution is -0.143. The molecule has 2 saturated carbocycles. The van der Waals surface area contributed by atoms with Crippen LogP contribution in [0.15, 0.2) is 55.1 Å². The second kappa shape index (κ2) is 15.7. The van der Waals surface area contributed by atoms with Gasteiger partial charge in [-0.2, -0.15) is 4.98 Å². The SMILES string of the molecule is C=C[C@@H]1C[C@]1(NC(=O)[C@@H]1C[C@@H](Oc2nc(-c3ccccc3)nc3cc(OC)c(OC)cc23)CN1C(=O)[C@@H](NC(=O)OC(C)(C)C)C(C)(C)C)C(=O)NS(=O)(=O)C1CC1. The molecule has 1 aromatic heterocycles. The Morgan fingerprint density at radius 3 is 2.21 bits per heavy atom. The largest absolute Gasteiger partial charge is 0.493 e. The molecule has 0 bridgehead atoms. The number of methoxy groups -OCH3 is 2. The molecule has 16 nitrogen and oxygen atoms in total. The number of carbonyl (C=O) groups is 4. The molecule has 58 heavy (non-hydrogen) atoms. The summed E-state index contributed by atoms with van der Waals surface area (Å²) in [5.74, 6) is -1.41. The van der Waals surface area contributed by atoms with Gasteiger partial charge in [-0.1, -0.05) is 57.2 Å². The van der Waals surface area contributed by atoms with E-state index in [9.17, 15) is 27.6 Å². The van der Waals surface area contributed by atoms with Crippen molar-refractivity contribution < 1.29 is 46.5 Å². The lowest BCUT2D eigenvalue weighted by Crippen LogP contribution is -2.60. The number of nitrogens with one attached hydrogen (secondary N) is 3. The molecule has 4 amide bonds. The standard InChI is InChI=1S/C41H52N6O10S/c1-10-24-21-41(24,37(50)46-58(52,53)26-16-17-26)45-34(48)29-18-25(22-47(29)36(49)32(39(2,3)4)43-38(51)57-40(5,6)7)56-35-27-19-30(54-8)31(55-9)20-28(27)42-33(44-35)23-14-12-11-13-15-23/h10-15,19-20,24-26,29,32H,1,16-18,21-22H2,2-9H3,(H,43,51)(H,45,48)(H,46,50)/t24-,25-,29+,32-,41-/m1/s1. The van der Waals surface area contributed by atoms with Crippen molar-refractivity contribution in [3.63, 3.8) is 0 Å². The number of sulfonamides is 1. The second-order valence-corrected chi connectivity index (χ2v) is 19.0. The highest BCUT2D eigenvalue weighted by molar-refractivity contribution is 7.91. The van der Waals surface area contributed by atoms with Crippen molar-refractivity contribution in [2.24, 2.45) is 11.3 Å². The van der Waals surface area contributed by atoms with Crippen LogP contribution in [0, 0.1) is 11.3 Å². The van der Waals surface area contributed by atoms with E-state index in [1.165, 1.54) is 25.2 Å². The van der Waals surface area contributed by atoms with Crippen molar-refractivity contribution >= 4 is 44.7 Å². The first-order chi connectivity index (χ1) is 27.2. The lowest BCUT2D eigenvalue weighted by atomic mass is 9.85. The minimum atomic E-state index is -3.94. The Kier molecular flexibility index (Phi) is 11.4. The highest BCUT2D eigenvalue weighted by Gasteiger charge is 2.62. The number of benzene rings is 2. The first-order valence-corrected chi connectivity index (χ1v) is 20.7. The number of aromatic nitrogens is 2. The molecule has 3 aliphatic rings. The van der Waals surface area contributed by atoms with E-state index >= 15 is 0 Å². The number of carbonyl (C=O) groups excluding carboxylic acids is 4. The first kappa shape index (κ1) is 42.2. The maximum absolute atomic E-state index is 14.7. The van der Waals surface area contributed by atoms with Gasteiger partial charge in [0.2, 0.25) is 27.7 Å². The number of rotatable bonds is 13. The van der Waals surface area contributed by atoms with Crippen LogP contribution in [-0.2, 0) is 29.1 Å². The molecular formula is C41H52N6O10S. The number of hydrogen-bond donors (Lipinski definition) is 3. The molecule has 3 fully saturated rings. The fourth-order valence-corrected chi connectivity index (χ4v) is 8.39. The van der Waals surface area contributed by atoms with Crippen LogP contribution in [0.5, 0.6) is 17.4 Å². The third-order valence-electron chi connectivity index (χ3n) is 10.3. The molecule has 0 unspecified atom stereocenters. The highest BCUT2D eigenvalue weighted by Crippen LogP contribution is 2.46. The van der Waals surface area contributed by atoms with Crippen molar-refractivity contribution in [2.45, 2.75) is 102 Å². The average molecular weight is 821 g/mol. The van der Waals surface area contributed by atoms with E-state index < -0.39 is 79.7 Å². The van der Waals surface area contributed by atoms with Crippen LogP contribution in [0.2, 0.25) is 0 Å². The molecule has 3 N–H and O–H groups in total. The summed E-state index contributed by atoms with van der Waals surface area (Å²) in [6.07, 6.45) is 0.756. The zero-order valence-corrected chi connectivity index (χ0v) is 34.9. The summed E-state index contributed by atoms with van der Waals surface area (Å²) in [4.78, 5) is 66.8. The molecule has 5 atom stereocenters. The summed E-state index contributed by atoms with van der Waals surface area (Å²) in [7, 11) is -0.932. The number of amides is 4. The van der Waals surface area contributed by atoms with Crippen molar-refractivity contribution in [1.29, 1.82) is 0 Å². The van der Waals surface area contributed by atoms with Gasteiger partial charge in [0, 0.05) is 24.0 Å². The monoisotopic (exact) mass is 820 g/mol. The Bertz CT molecular complexity index is 2220. The Morgan fingerprint density at radius 1 is 0.983 bits per heavy atom. The molecule has 17 heteroatoms. The molecule has 2 aliphatic carbocycles. The molecule has 1 aliphatic heterocycles. The zero-order valence-electron chi connectivity index (χ0n) is 34.1. The van der Waals surface area contributed by atoms with Gasteiger partial charge in [0.25, 0.3) is 5.91 Å². The number of alkyl carbamates (subject to hydrolysis) is 1. The molecular weight excluding hydrogens is 769 g/mol. The van der Waals surface area contributed by atoms with E-state index in [0.29, 0.717) is 46.6 Å². The first-order valence-electron chi connectivity index (χ1n) is 19.2. The lowest BCUT2D eigenvalue weighted by Gasteiger charge is -2.36. The topological polar surface area (TPSA) is 204 Å². The van der Waals surface area contributed by atoms with Gasteiger partial charge < -0.3 is 34.5 Å². The van der Waals surface area contributed by atoms with Gasteiger partial charge in [0.05, 0.1) is 36.9 Å². The van der Waals surface area contributed by atoms with Crippen molar-refractivity contribution in [3.05, 3.63) is 55.1 Å². The van der Waals surface area contributed by atoms with Crippen LogP contribution in [0.25, 0.3) is 22.3 Å². The Morgan fingerprint density at radius 2 is 1.64 bits per heavy atom. The maximum atomic E-state index is 14.7. The second-order valence-electron chi connectivity index (χ2n) is 17.1. The van der Waals surface area contributed by atoms with Crippen molar-refractivity contribution in [2.75, 3.05) is 20.8 Å². The fraction of sp³-hybridized carbons (Fsp3) is 0.512. The number of nitrogens with zero attached hydrogens (tertiary/aromatic N) is 3. The van der Waals surface area contributed by atoms with Crippen LogP contribution in [0.1, 0.15) is 67.2 Å². The quantitative estimate of drug-likeness (QED) is 0.207. The Balaban J connectivity index is 1.37. The van der Waals surface area contributed by atoms with Gasteiger partial charge >= 0.3 is 6.09 Å². The molecule has 0 spiro atoms. The molecule has 2 aromatic carbocycles. The number of ether oxygens (including phenoxy) is 4. The summed E-state index contributed by atoms with van der Waals surface area (Å²) in [6, 6.07) is 10.3. The summed E-state index contributed by atoms with van der Waals surface area (Å²) < 4.78 is 51.0. The number of hydrogen-bond acceptors (Lipinski definition) is 12. The van der Waals surface area contributed by atoms with E-state index in [-0.39, 0.29) is 25.3 Å². The van der Waals surface area contributed by atoms with Crippen LogP contribution in [-0.4, -0.2) is 102 Å². The minimum Gasteiger partial charge on any atom is -0.493 e. The van der Waals surface area contributed by atoms with E-state index in [0.717, 1.165) is 0 Å². The number of fused-ring (bicyclic) bond motifs is 1. The molecule has 312 valence electrons. The zero-order chi connectivity index (χ0) is 42.4. The van der Waals surface area contributed by atoms with Gasteiger partial charge in [0.15, 0.2) is 17.3 Å². The molecule has 2 heterocycles. The summed E-state index contributed by atoms with van der Waals surface area (Å²) in [6.45, 7) is 14.1. The smallest absolute Gasteiger partial charge is 0.408 e. The number of likely N-dealkylation sites (tertiary alicyclic amines) is 1. The van der Waals surface area contributed by atoms with Crippen LogP contribution >= 0.6 is 0 Å².